The van der Waals surface area contributed by atoms with Crippen LogP contribution >= 0.6 is 0 Å². The van der Waals surface area contributed by atoms with Gasteiger partial charge in [0.25, 0.3) is 0 Å². The first-order valence-electron chi connectivity index (χ1n) is 7.70. The van der Waals surface area contributed by atoms with E-state index in [-0.39, 0.29) is 11.5 Å². The molecular weight excluding hydrogens is 328 g/mol. The molecule has 3 aromatic rings. The molecule has 0 bridgehead atoms. The standard InChI is InChI=1S/C16H18N4O3S/c1-3-6-14-17-13(19-22-14)9-24(21)10-15-18-16(20-23-15)12-8-5-4-7-11(12)2/h4-5,7-8H,3,6,9-10H2,1-2H3. The van der Waals surface area contributed by atoms with E-state index in [1.165, 1.54) is 0 Å². The fourth-order valence-corrected chi connectivity index (χ4v) is 3.14. The molecule has 1 aromatic carbocycles. The molecule has 1 atom stereocenters. The Kier molecular flexibility index (Phi) is 5.14. The molecule has 1 unspecified atom stereocenters. The zero-order valence-electron chi connectivity index (χ0n) is 13.6. The van der Waals surface area contributed by atoms with Crippen LogP contribution in [0.3, 0.4) is 0 Å². The van der Waals surface area contributed by atoms with Crippen LogP contribution in [-0.2, 0) is 28.7 Å². The van der Waals surface area contributed by atoms with E-state index >= 15 is 0 Å². The molecule has 0 radical (unpaired) electrons. The summed E-state index contributed by atoms with van der Waals surface area (Å²) in [5.74, 6) is 2.22. The highest BCUT2D eigenvalue weighted by Crippen LogP contribution is 2.20. The highest BCUT2D eigenvalue weighted by molar-refractivity contribution is 7.83. The molecule has 126 valence electrons. The number of rotatable bonds is 7. The first-order valence-corrected chi connectivity index (χ1v) is 9.19. The number of hydrogen-bond acceptors (Lipinski definition) is 7. The summed E-state index contributed by atoms with van der Waals surface area (Å²) in [7, 11) is -1.24. The van der Waals surface area contributed by atoms with E-state index in [1.54, 1.807) is 0 Å². The van der Waals surface area contributed by atoms with Crippen LogP contribution in [0.5, 0.6) is 0 Å². The van der Waals surface area contributed by atoms with Crippen LogP contribution in [0.25, 0.3) is 11.4 Å². The zero-order chi connectivity index (χ0) is 16.9. The normalized spacial score (nSPS) is 12.4. The topological polar surface area (TPSA) is 94.9 Å². The summed E-state index contributed by atoms with van der Waals surface area (Å²) < 4.78 is 22.5. The summed E-state index contributed by atoms with van der Waals surface area (Å²) in [4.78, 5) is 8.53. The van der Waals surface area contributed by atoms with Gasteiger partial charge in [0.2, 0.25) is 17.6 Å². The van der Waals surface area contributed by atoms with Gasteiger partial charge in [0.15, 0.2) is 5.82 Å². The van der Waals surface area contributed by atoms with Crippen molar-refractivity contribution in [2.45, 2.75) is 38.2 Å². The average molecular weight is 346 g/mol. The van der Waals surface area contributed by atoms with Crippen molar-refractivity contribution in [3.63, 3.8) is 0 Å². The average Bonchev–Trinajstić information content (AvgIpc) is 3.18. The molecule has 0 amide bonds. The van der Waals surface area contributed by atoms with Crippen LogP contribution in [0.1, 0.15) is 36.5 Å². The van der Waals surface area contributed by atoms with Gasteiger partial charge < -0.3 is 9.05 Å². The summed E-state index contributed by atoms with van der Waals surface area (Å²) in [5, 5.41) is 7.80. The van der Waals surface area contributed by atoms with E-state index in [0.29, 0.717) is 23.4 Å². The largest absolute Gasteiger partial charge is 0.339 e. The number of nitrogens with zero attached hydrogens (tertiary/aromatic N) is 4. The molecule has 0 aliphatic heterocycles. The van der Waals surface area contributed by atoms with Crippen molar-refractivity contribution in [1.82, 2.24) is 20.3 Å². The van der Waals surface area contributed by atoms with E-state index in [0.717, 1.165) is 24.0 Å². The Morgan fingerprint density at radius 1 is 1.04 bits per heavy atom. The first-order chi connectivity index (χ1) is 11.7. The molecule has 0 aliphatic rings. The quantitative estimate of drug-likeness (QED) is 0.649. The van der Waals surface area contributed by atoms with Crippen LogP contribution in [0.4, 0.5) is 0 Å². The smallest absolute Gasteiger partial charge is 0.239 e. The maximum Gasteiger partial charge on any atom is 0.239 e. The maximum absolute atomic E-state index is 12.2. The maximum atomic E-state index is 12.2. The van der Waals surface area contributed by atoms with Crippen molar-refractivity contribution in [2.24, 2.45) is 0 Å². The number of benzene rings is 1. The lowest BCUT2D eigenvalue weighted by atomic mass is 10.1. The molecule has 0 aliphatic carbocycles. The Balaban J connectivity index is 1.64. The lowest BCUT2D eigenvalue weighted by Gasteiger charge is -1.98. The van der Waals surface area contributed by atoms with Crippen LogP contribution in [0.2, 0.25) is 0 Å². The Morgan fingerprint density at radius 3 is 2.62 bits per heavy atom. The molecule has 7 nitrogen and oxygen atoms in total. The molecule has 0 saturated carbocycles. The monoisotopic (exact) mass is 346 g/mol. The third-order valence-electron chi connectivity index (χ3n) is 3.40. The molecule has 0 saturated heterocycles. The van der Waals surface area contributed by atoms with Gasteiger partial charge in [-0.2, -0.15) is 9.97 Å². The van der Waals surface area contributed by atoms with Crippen molar-refractivity contribution in [3.8, 4) is 11.4 Å². The zero-order valence-corrected chi connectivity index (χ0v) is 14.4. The number of hydrogen-bond donors (Lipinski definition) is 0. The molecule has 24 heavy (non-hydrogen) atoms. The fraction of sp³-hybridized carbons (Fsp3) is 0.375. The minimum Gasteiger partial charge on any atom is -0.339 e. The fourth-order valence-electron chi connectivity index (χ4n) is 2.24. The van der Waals surface area contributed by atoms with Gasteiger partial charge in [-0.3, -0.25) is 4.21 Å². The summed E-state index contributed by atoms with van der Waals surface area (Å²) in [5.41, 5.74) is 1.96. The molecular formula is C16H18N4O3S. The Labute approximate surface area is 141 Å². The Bertz CT molecular complexity index is 843. The second-order valence-electron chi connectivity index (χ2n) is 5.41. The van der Waals surface area contributed by atoms with Crippen LogP contribution < -0.4 is 0 Å². The molecule has 3 rings (SSSR count). The summed E-state index contributed by atoms with van der Waals surface area (Å²) in [6, 6.07) is 7.77. The first kappa shape index (κ1) is 16.5. The third-order valence-corrected chi connectivity index (χ3v) is 4.55. The second kappa shape index (κ2) is 7.48. The van der Waals surface area contributed by atoms with E-state index in [4.69, 9.17) is 9.05 Å². The SMILES string of the molecule is CCCc1nc(CS(=O)Cc2nc(-c3ccccc3C)no2)no1. The van der Waals surface area contributed by atoms with E-state index in [1.807, 2.05) is 38.1 Å². The predicted molar refractivity (Wildman–Crippen MR) is 88.3 cm³/mol. The summed E-state index contributed by atoms with van der Waals surface area (Å²) >= 11 is 0. The van der Waals surface area contributed by atoms with Crippen LogP contribution in [-0.4, -0.2) is 24.5 Å². The third kappa shape index (κ3) is 3.94. The Hall–Kier alpha value is -2.35. The highest BCUT2D eigenvalue weighted by atomic mass is 32.2. The molecule has 2 heterocycles. The number of aromatic nitrogens is 4. The molecule has 8 heteroatoms. The van der Waals surface area contributed by atoms with Crippen LogP contribution in [0, 0.1) is 6.92 Å². The van der Waals surface area contributed by atoms with Gasteiger partial charge in [0.05, 0.1) is 5.75 Å². The van der Waals surface area contributed by atoms with Crippen molar-refractivity contribution in [3.05, 3.63) is 47.4 Å². The van der Waals surface area contributed by atoms with Gasteiger partial charge in [-0.05, 0) is 18.9 Å². The van der Waals surface area contributed by atoms with Gasteiger partial charge >= 0.3 is 0 Å². The van der Waals surface area contributed by atoms with Crippen LogP contribution in [0.15, 0.2) is 33.3 Å². The van der Waals surface area contributed by atoms with E-state index < -0.39 is 10.8 Å². The van der Waals surface area contributed by atoms with Crippen molar-refractivity contribution in [2.75, 3.05) is 0 Å². The van der Waals surface area contributed by atoms with Gasteiger partial charge in [-0.25, -0.2) is 0 Å². The van der Waals surface area contributed by atoms with Crippen molar-refractivity contribution >= 4 is 10.8 Å². The van der Waals surface area contributed by atoms with Crippen molar-refractivity contribution in [1.29, 1.82) is 0 Å². The van der Waals surface area contributed by atoms with E-state index in [2.05, 4.69) is 20.3 Å². The summed E-state index contributed by atoms with van der Waals surface area (Å²) in [6.45, 7) is 4.01. The van der Waals surface area contributed by atoms with Gasteiger partial charge in [0.1, 0.15) is 5.75 Å². The minimum atomic E-state index is -1.24. The van der Waals surface area contributed by atoms with Gasteiger partial charge in [0, 0.05) is 22.8 Å². The minimum absolute atomic E-state index is 0.163. The lowest BCUT2D eigenvalue weighted by molar-refractivity contribution is 0.373. The predicted octanol–water partition coefficient (Wildman–Crippen LogP) is 2.83. The highest BCUT2D eigenvalue weighted by Gasteiger charge is 2.15. The lowest BCUT2D eigenvalue weighted by Crippen LogP contribution is -2.01. The molecule has 0 spiro atoms. The van der Waals surface area contributed by atoms with Gasteiger partial charge in [-0.15, -0.1) is 0 Å². The number of aryl methyl sites for hydroxylation is 2. The van der Waals surface area contributed by atoms with Gasteiger partial charge in [-0.1, -0.05) is 41.5 Å². The molecule has 0 fully saturated rings. The summed E-state index contributed by atoms with van der Waals surface area (Å²) in [6.07, 6.45) is 1.65. The van der Waals surface area contributed by atoms with E-state index in [9.17, 15) is 4.21 Å². The Morgan fingerprint density at radius 2 is 1.83 bits per heavy atom. The van der Waals surface area contributed by atoms with Crippen molar-refractivity contribution < 1.29 is 13.3 Å². The molecule has 2 aromatic heterocycles. The second-order valence-corrected chi connectivity index (χ2v) is 6.87. The molecule has 0 N–H and O–H groups in total.